The number of piperidine rings is 1. The molecular formula is C15H18F3N3O3. The van der Waals surface area contributed by atoms with Gasteiger partial charge in [0.15, 0.2) is 0 Å². The van der Waals surface area contributed by atoms with Crippen molar-refractivity contribution in [2.24, 2.45) is 11.1 Å². The molecule has 1 aliphatic rings. The molecule has 0 radical (unpaired) electrons. The van der Waals surface area contributed by atoms with Crippen molar-refractivity contribution in [3.8, 4) is 0 Å². The average Bonchev–Trinajstić information content (AvgIpc) is 2.47. The van der Waals surface area contributed by atoms with Crippen LogP contribution in [-0.2, 0) is 6.18 Å². The number of hydrogen-bond acceptors (Lipinski definition) is 4. The number of nitro groups is 1. The maximum absolute atomic E-state index is 12.7. The van der Waals surface area contributed by atoms with Crippen LogP contribution >= 0.6 is 0 Å². The molecular weight excluding hydrogens is 327 g/mol. The Kier molecular flexibility index (Phi) is 4.58. The number of likely N-dealkylation sites (tertiary alicyclic amines) is 1. The maximum Gasteiger partial charge on any atom is 0.416 e. The molecule has 1 atom stereocenters. The Hall–Kier alpha value is -2.16. The Morgan fingerprint density at radius 3 is 2.54 bits per heavy atom. The van der Waals surface area contributed by atoms with E-state index in [4.69, 9.17) is 5.73 Å². The van der Waals surface area contributed by atoms with Gasteiger partial charge in [-0.05, 0) is 24.0 Å². The minimum absolute atomic E-state index is 0.121. The van der Waals surface area contributed by atoms with Crippen molar-refractivity contribution in [3.05, 3.63) is 39.4 Å². The summed E-state index contributed by atoms with van der Waals surface area (Å²) in [4.78, 5) is 24.1. The minimum Gasteiger partial charge on any atom is -0.338 e. The number of amides is 1. The fourth-order valence-electron chi connectivity index (χ4n) is 2.76. The van der Waals surface area contributed by atoms with Crippen LogP contribution < -0.4 is 5.73 Å². The molecule has 132 valence electrons. The smallest absolute Gasteiger partial charge is 0.338 e. The first kappa shape index (κ1) is 18.2. The molecule has 1 fully saturated rings. The van der Waals surface area contributed by atoms with Crippen LogP contribution in [0, 0.1) is 15.5 Å². The second-order valence-electron chi connectivity index (χ2n) is 6.60. The van der Waals surface area contributed by atoms with Crippen LogP contribution in [0.1, 0.15) is 36.2 Å². The topological polar surface area (TPSA) is 89.5 Å². The summed E-state index contributed by atoms with van der Waals surface area (Å²) in [5.74, 6) is -0.657. The van der Waals surface area contributed by atoms with Crippen molar-refractivity contribution < 1.29 is 22.9 Å². The predicted octanol–water partition coefficient (Wildman–Crippen LogP) is 2.81. The van der Waals surface area contributed by atoms with Gasteiger partial charge < -0.3 is 10.6 Å². The molecule has 1 unspecified atom stereocenters. The van der Waals surface area contributed by atoms with E-state index in [9.17, 15) is 28.1 Å². The van der Waals surface area contributed by atoms with Crippen LogP contribution in [0.2, 0.25) is 0 Å². The molecule has 24 heavy (non-hydrogen) atoms. The second kappa shape index (κ2) is 6.04. The molecule has 2 N–H and O–H groups in total. The number of carbonyl (C=O) groups excluding carboxylic acids is 1. The highest BCUT2D eigenvalue weighted by atomic mass is 19.4. The van der Waals surface area contributed by atoms with E-state index in [2.05, 4.69) is 0 Å². The van der Waals surface area contributed by atoms with Crippen molar-refractivity contribution in [1.82, 2.24) is 4.90 Å². The average molecular weight is 345 g/mol. The van der Waals surface area contributed by atoms with Gasteiger partial charge in [0, 0.05) is 25.2 Å². The molecule has 1 amide bonds. The third-order valence-electron chi connectivity index (χ3n) is 4.35. The van der Waals surface area contributed by atoms with Gasteiger partial charge in [-0.25, -0.2) is 0 Å². The Morgan fingerprint density at radius 1 is 1.42 bits per heavy atom. The molecule has 0 bridgehead atoms. The number of nitro benzene ring substituents is 1. The van der Waals surface area contributed by atoms with Crippen LogP contribution in [0.4, 0.5) is 18.9 Å². The van der Waals surface area contributed by atoms with Crippen molar-refractivity contribution in [2.45, 2.75) is 32.5 Å². The summed E-state index contributed by atoms with van der Waals surface area (Å²) in [6.07, 6.45) is -4.20. The van der Waals surface area contributed by atoms with E-state index in [0.717, 1.165) is 6.07 Å². The number of nitrogens with two attached hydrogens (primary N) is 1. The minimum atomic E-state index is -4.72. The highest BCUT2D eigenvalue weighted by molar-refractivity contribution is 5.98. The lowest BCUT2D eigenvalue weighted by Crippen LogP contribution is -2.54. The lowest BCUT2D eigenvalue weighted by atomic mass is 9.79. The number of rotatable bonds is 2. The third-order valence-corrected chi connectivity index (χ3v) is 4.35. The molecule has 1 saturated heterocycles. The SMILES string of the molecule is CC1(C)CN(C(=O)c2ccc(C(F)(F)F)cc2[N+](=O)[O-])CCC1N. The number of benzene rings is 1. The first-order valence-corrected chi connectivity index (χ1v) is 7.34. The maximum atomic E-state index is 12.7. The lowest BCUT2D eigenvalue weighted by molar-refractivity contribution is -0.385. The van der Waals surface area contributed by atoms with Crippen molar-refractivity contribution in [1.29, 1.82) is 0 Å². The predicted molar refractivity (Wildman–Crippen MR) is 80.4 cm³/mol. The molecule has 0 saturated carbocycles. The van der Waals surface area contributed by atoms with Gasteiger partial charge in [-0.3, -0.25) is 14.9 Å². The van der Waals surface area contributed by atoms with Crippen LogP contribution in [0.3, 0.4) is 0 Å². The molecule has 1 aliphatic heterocycles. The van der Waals surface area contributed by atoms with Crippen molar-refractivity contribution in [3.63, 3.8) is 0 Å². The molecule has 0 spiro atoms. The van der Waals surface area contributed by atoms with Crippen LogP contribution in [0.15, 0.2) is 18.2 Å². The first-order chi connectivity index (χ1) is 10.9. The molecule has 2 rings (SSSR count). The zero-order valence-electron chi connectivity index (χ0n) is 13.3. The van der Waals surface area contributed by atoms with Crippen molar-refractivity contribution >= 4 is 11.6 Å². The summed E-state index contributed by atoms with van der Waals surface area (Å²) < 4.78 is 38.2. The molecule has 1 heterocycles. The van der Waals surface area contributed by atoms with E-state index < -0.39 is 28.3 Å². The number of alkyl halides is 3. The Morgan fingerprint density at radius 2 is 2.04 bits per heavy atom. The van der Waals surface area contributed by atoms with E-state index >= 15 is 0 Å². The molecule has 9 heteroatoms. The van der Waals surface area contributed by atoms with Gasteiger partial charge in [0.05, 0.1) is 10.5 Å². The lowest BCUT2D eigenvalue weighted by Gasteiger charge is -2.42. The molecule has 0 aliphatic carbocycles. The van der Waals surface area contributed by atoms with Crippen molar-refractivity contribution in [2.75, 3.05) is 13.1 Å². The highest BCUT2D eigenvalue weighted by Gasteiger charge is 2.38. The van der Waals surface area contributed by atoms with Crippen LogP contribution in [0.25, 0.3) is 0 Å². The normalized spacial score (nSPS) is 20.8. The number of halogens is 3. The Bertz CT molecular complexity index is 674. The summed E-state index contributed by atoms with van der Waals surface area (Å²) in [7, 11) is 0. The van der Waals surface area contributed by atoms with E-state index in [1.807, 2.05) is 13.8 Å². The second-order valence-corrected chi connectivity index (χ2v) is 6.60. The van der Waals surface area contributed by atoms with Gasteiger partial charge in [-0.2, -0.15) is 13.2 Å². The van der Waals surface area contributed by atoms with Gasteiger partial charge in [0.1, 0.15) is 5.56 Å². The third kappa shape index (κ3) is 3.50. The largest absolute Gasteiger partial charge is 0.416 e. The van der Waals surface area contributed by atoms with E-state index in [1.165, 1.54) is 4.90 Å². The summed E-state index contributed by atoms with van der Waals surface area (Å²) in [6.45, 7) is 4.34. The fraction of sp³-hybridized carbons (Fsp3) is 0.533. The summed E-state index contributed by atoms with van der Waals surface area (Å²) in [5.41, 5.74) is 3.25. The monoisotopic (exact) mass is 345 g/mol. The summed E-state index contributed by atoms with van der Waals surface area (Å²) >= 11 is 0. The van der Waals surface area contributed by atoms with Crippen LogP contribution in [0.5, 0.6) is 0 Å². The Labute approximate surface area is 136 Å². The molecule has 0 aromatic heterocycles. The van der Waals surface area contributed by atoms with Gasteiger partial charge in [0.25, 0.3) is 11.6 Å². The van der Waals surface area contributed by atoms with E-state index in [1.54, 1.807) is 0 Å². The van der Waals surface area contributed by atoms with E-state index in [-0.39, 0.29) is 23.6 Å². The quantitative estimate of drug-likeness (QED) is 0.659. The van der Waals surface area contributed by atoms with Gasteiger partial charge >= 0.3 is 6.18 Å². The Balaban J connectivity index is 2.38. The van der Waals surface area contributed by atoms with E-state index in [0.29, 0.717) is 25.1 Å². The highest BCUT2D eigenvalue weighted by Crippen LogP contribution is 2.34. The number of hydrogen-bond donors (Lipinski definition) is 1. The van der Waals surface area contributed by atoms with Gasteiger partial charge in [0.2, 0.25) is 0 Å². The fourth-order valence-corrected chi connectivity index (χ4v) is 2.76. The zero-order chi connectivity index (χ0) is 18.3. The molecule has 1 aromatic rings. The standard InChI is InChI=1S/C15H18F3N3O3/c1-14(2)8-20(6-5-12(14)19)13(22)10-4-3-9(15(16,17)18)7-11(10)21(23)24/h3-4,7,12H,5-6,8,19H2,1-2H3. The number of carbonyl (C=O) groups is 1. The first-order valence-electron chi connectivity index (χ1n) is 7.34. The summed E-state index contributed by atoms with van der Waals surface area (Å²) in [6, 6.07) is 1.82. The molecule has 6 nitrogen and oxygen atoms in total. The number of nitrogens with zero attached hydrogens (tertiary/aromatic N) is 2. The van der Waals surface area contributed by atoms with Gasteiger partial charge in [-0.15, -0.1) is 0 Å². The van der Waals surface area contributed by atoms with Gasteiger partial charge in [-0.1, -0.05) is 13.8 Å². The zero-order valence-corrected chi connectivity index (χ0v) is 13.3. The molecule has 1 aromatic carbocycles. The van der Waals surface area contributed by atoms with Crippen LogP contribution in [-0.4, -0.2) is 34.9 Å². The summed E-state index contributed by atoms with van der Waals surface area (Å²) in [5, 5.41) is 11.1.